The molecule has 0 aliphatic carbocycles. The van der Waals surface area contributed by atoms with Crippen LogP contribution >= 0.6 is 0 Å². The van der Waals surface area contributed by atoms with Gasteiger partial charge in [-0.15, -0.1) is 0 Å². The van der Waals surface area contributed by atoms with Crippen LogP contribution in [0.2, 0.25) is 0 Å². The van der Waals surface area contributed by atoms with Gasteiger partial charge < -0.3 is 4.74 Å². The van der Waals surface area contributed by atoms with Crippen molar-refractivity contribution in [2.24, 2.45) is 4.99 Å². The van der Waals surface area contributed by atoms with Crippen LogP contribution in [0.15, 0.2) is 65.7 Å². The van der Waals surface area contributed by atoms with Gasteiger partial charge >= 0.3 is 0 Å². The lowest BCUT2D eigenvalue weighted by molar-refractivity contribution is 0.311. The van der Waals surface area contributed by atoms with E-state index < -0.39 is 0 Å². The topological polar surface area (TPSA) is 21.6 Å². The fraction of sp³-hybridized carbons (Fsp3) is 0.235. The molecule has 0 aromatic heterocycles. The Labute approximate surface area is 113 Å². The van der Waals surface area contributed by atoms with Gasteiger partial charge in [-0.25, -0.2) is 4.99 Å². The van der Waals surface area contributed by atoms with E-state index in [0.29, 0.717) is 6.61 Å². The average Bonchev–Trinajstić information content (AvgIpc) is 2.88. The summed E-state index contributed by atoms with van der Waals surface area (Å²) in [5.74, 6) is 0.868. The molecule has 1 atom stereocenters. The van der Waals surface area contributed by atoms with Gasteiger partial charge in [-0.1, -0.05) is 60.7 Å². The highest BCUT2D eigenvalue weighted by Crippen LogP contribution is 2.14. The van der Waals surface area contributed by atoms with Gasteiger partial charge in [-0.05, 0) is 17.5 Å². The Hall–Kier alpha value is -2.09. The number of rotatable bonds is 4. The molecule has 19 heavy (non-hydrogen) atoms. The zero-order valence-corrected chi connectivity index (χ0v) is 10.8. The summed E-state index contributed by atoms with van der Waals surface area (Å²) in [5, 5.41) is 0. The maximum atomic E-state index is 5.69. The summed E-state index contributed by atoms with van der Waals surface area (Å²) in [6, 6.07) is 21.1. The largest absolute Gasteiger partial charge is 0.478 e. The summed E-state index contributed by atoms with van der Waals surface area (Å²) < 4.78 is 5.69. The van der Waals surface area contributed by atoms with Crippen LogP contribution in [0.4, 0.5) is 0 Å². The van der Waals surface area contributed by atoms with Crippen LogP contribution in [0, 0.1) is 0 Å². The van der Waals surface area contributed by atoms with Gasteiger partial charge in [0.25, 0.3) is 0 Å². The van der Waals surface area contributed by atoms with E-state index >= 15 is 0 Å². The first kappa shape index (κ1) is 12.0. The van der Waals surface area contributed by atoms with Crippen LogP contribution in [0.5, 0.6) is 0 Å². The van der Waals surface area contributed by atoms with E-state index in [1.165, 1.54) is 11.1 Å². The zero-order chi connectivity index (χ0) is 12.9. The first-order chi connectivity index (χ1) is 9.40. The summed E-state index contributed by atoms with van der Waals surface area (Å²) in [6.07, 6.45) is 1.76. The molecule has 2 aromatic rings. The molecular formula is C17H17NO. The zero-order valence-electron chi connectivity index (χ0n) is 10.8. The van der Waals surface area contributed by atoms with Crippen LogP contribution in [-0.4, -0.2) is 18.5 Å². The van der Waals surface area contributed by atoms with Crippen LogP contribution < -0.4 is 0 Å². The van der Waals surface area contributed by atoms with E-state index in [-0.39, 0.29) is 6.04 Å². The van der Waals surface area contributed by atoms with Crippen molar-refractivity contribution >= 4 is 5.90 Å². The van der Waals surface area contributed by atoms with Crippen molar-refractivity contribution in [2.45, 2.75) is 18.9 Å². The molecule has 0 saturated carbocycles. The van der Waals surface area contributed by atoms with Crippen LogP contribution in [0.25, 0.3) is 0 Å². The maximum absolute atomic E-state index is 5.69. The molecule has 0 bridgehead atoms. The van der Waals surface area contributed by atoms with E-state index in [2.05, 4.69) is 41.4 Å². The Kier molecular flexibility index (Phi) is 3.59. The second kappa shape index (κ2) is 5.70. The SMILES string of the molecule is c1ccc(CC2=N[C@H](Cc3ccccc3)CO2)cc1. The Morgan fingerprint density at radius 1 is 0.895 bits per heavy atom. The number of hydrogen-bond acceptors (Lipinski definition) is 2. The van der Waals surface area contributed by atoms with Crippen molar-refractivity contribution in [3.05, 3.63) is 71.8 Å². The van der Waals surface area contributed by atoms with E-state index in [1.807, 2.05) is 24.3 Å². The normalized spacial score (nSPS) is 17.9. The van der Waals surface area contributed by atoms with Gasteiger partial charge in [-0.2, -0.15) is 0 Å². The van der Waals surface area contributed by atoms with Gasteiger partial charge in [0, 0.05) is 6.42 Å². The quantitative estimate of drug-likeness (QED) is 0.817. The fourth-order valence-corrected chi connectivity index (χ4v) is 2.33. The van der Waals surface area contributed by atoms with Crippen molar-refractivity contribution in [3.63, 3.8) is 0 Å². The number of nitrogens with zero attached hydrogens (tertiary/aromatic N) is 1. The molecular weight excluding hydrogens is 234 g/mol. The Morgan fingerprint density at radius 2 is 1.53 bits per heavy atom. The molecule has 2 nitrogen and oxygen atoms in total. The minimum atomic E-state index is 0.265. The third kappa shape index (κ3) is 3.22. The summed E-state index contributed by atoms with van der Waals surface area (Å²) in [7, 11) is 0. The number of benzene rings is 2. The van der Waals surface area contributed by atoms with Gasteiger partial charge in [0.1, 0.15) is 6.61 Å². The molecule has 0 amide bonds. The summed E-state index contributed by atoms with van der Waals surface area (Å²) in [6.45, 7) is 0.705. The number of aliphatic imine (C=N–C) groups is 1. The molecule has 0 radical (unpaired) electrons. The predicted molar refractivity (Wildman–Crippen MR) is 77.5 cm³/mol. The second-order valence-corrected chi connectivity index (χ2v) is 4.84. The number of hydrogen-bond donors (Lipinski definition) is 0. The molecule has 0 fully saturated rings. The van der Waals surface area contributed by atoms with Crippen molar-refractivity contribution in [1.29, 1.82) is 0 Å². The highest BCUT2D eigenvalue weighted by atomic mass is 16.5. The predicted octanol–water partition coefficient (Wildman–Crippen LogP) is 3.27. The van der Waals surface area contributed by atoms with Gasteiger partial charge in [-0.3, -0.25) is 0 Å². The van der Waals surface area contributed by atoms with Crippen molar-refractivity contribution < 1.29 is 4.74 Å². The summed E-state index contributed by atoms with van der Waals surface area (Å²) in [4.78, 5) is 4.67. The van der Waals surface area contributed by atoms with Gasteiger partial charge in [0.05, 0.1) is 6.04 Å². The standard InChI is InChI=1S/C17H17NO/c1-3-7-14(8-4-1)11-16-13-19-17(18-16)12-15-9-5-2-6-10-15/h1-10,16H,11-13H2/t16-/m1/s1. The van der Waals surface area contributed by atoms with E-state index in [0.717, 1.165) is 18.7 Å². The minimum absolute atomic E-state index is 0.265. The molecule has 2 heteroatoms. The third-order valence-corrected chi connectivity index (χ3v) is 3.28. The molecule has 0 N–H and O–H groups in total. The Bertz CT molecular complexity index is 548. The maximum Gasteiger partial charge on any atom is 0.188 e. The lowest BCUT2D eigenvalue weighted by atomic mass is 10.1. The molecule has 0 spiro atoms. The van der Waals surface area contributed by atoms with Crippen molar-refractivity contribution in [1.82, 2.24) is 0 Å². The lowest BCUT2D eigenvalue weighted by Gasteiger charge is -2.04. The van der Waals surface area contributed by atoms with Crippen LogP contribution in [-0.2, 0) is 17.6 Å². The van der Waals surface area contributed by atoms with Crippen molar-refractivity contribution in [2.75, 3.05) is 6.61 Å². The minimum Gasteiger partial charge on any atom is -0.478 e. The monoisotopic (exact) mass is 251 g/mol. The first-order valence-corrected chi connectivity index (χ1v) is 6.67. The Morgan fingerprint density at radius 3 is 2.21 bits per heavy atom. The fourth-order valence-electron chi connectivity index (χ4n) is 2.33. The van der Waals surface area contributed by atoms with Gasteiger partial charge in [0.15, 0.2) is 5.90 Å². The van der Waals surface area contributed by atoms with Crippen molar-refractivity contribution in [3.8, 4) is 0 Å². The first-order valence-electron chi connectivity index (χ1n) is 6.67. The molecule has 0 saturated heterocycles. The summed E-state index contributed by atoms with van der Waals surface area (Å²) in [5.41, 5.74) is 2.57. The molecule has 1 aliphatic rings. The summed E-state index contributed by atoms with van der Waals surface area (Å²) >= 11 is 0. The second-order valence-electron chi connectivity index (χ2n) is 4.84. The van der Waals surface area contributed by atoms with E-state index in [9.17, 15) is 0 Å². The lowest BCUT2D eigenvalue weighted by Crippen LogP contribution is -2.09. The van der Waals surface area contributed by atoms with E-state index in [1.54, 1.807) is 0 Å². The number of ether oxygens (including phenoxy) is 1. The molecule has 1 aliphatic heterocycles. The molecule has 96 valence electrons. The average molecular weight is 251 g/mol. The highest BCUT2D eigenvalue weighted by molar-refractivity contribution is 5.80. The van der Waals surface area contributed by atoms with Crippen LogP contribution in [0.1, 0.15) is 11.1 Å². The van der Waals surface area contributed by atoms with Crippen LogP contribution in [0.3, 0.4) is 0 Å². The van der Waals surface area contributed by atoms with E-state index in [4.69, 9.17) is 4.74 Å². The molecule has 0 unspecified atom stereocenters. The third-order valence-electron chi connectivity index (χ3n) is 3.28. The molecule has 1 heterocycles. The van der Waals surface area contributed by atoms with Gasteiger partial charge in [0.2, 0.25) is 0 Å². The Balaban J connectivity index is 1.62. The highest BCUT2D eigenvalue weighted by Gasteiger charge is 2.19. The smallest absolute Gasteiger partial charge is 0.188 e. The molecule has 2 aromatic carbocycles. The molecule has 3 rings (SSSR count).